The summed E-state index contributed by atoms with van der Waals surface area (Å²) < 4.78 is 5.04. The molecule has 0 aromatic carbocycles. The fourth-order valence-corrected chi connectivity index (χ4v) is 1.19. The summed E-state index contributed by atoms with van der Waals surface area (Å²) in [4.78, 5) is 31.9. The Hall–Kier alpha value is -1.50. The molecular weight excluding hydrogens is 238 g/mol. The molecular formula is C11H21N3O4. The van der Waals surface area contributed by atoms with E-state index in [9.17, 15) is 14.5 Å². The van der Waals surface area contributed by atoms with Gasteiger partial charge in [0.05, 0.1) is 6.04 Å². The summed E-state index contributed by atoms with van der Waals surface area (Å²) in [5.74, 6) is -0.838. The van der Waals surface area contributed by atoms with E-state index in [1.807, 2.05) is 0 Å². The monoisotopic (exact) mass is 259 g/mol. The number of unbranched alkanes of at least 4 members (excludes halogenated alkanes) is 1. The van der Waals surface area contributed by atoms with Crippen molar-refractivity contribution >= 4 is 12.0 Å². The number of alkyl carbamates (subject to hydrolysis) is 1. The summed E-state index contributed by atoms with van der Waals surface area (Å²) in [5.41, 5.74) is 4.88. The number of nitrogens with one attached hydrogen (secondary N) is 1. The molecule has 0 radical (unpaired) electrons. The zero-order valence-electron chi connectivity index (χ0n) is 11.1. The van der Waals surface area contributed by atoms with Crippen LogP contribution in [0.4, 0.5) is 4.79 Å². The molecule has 7 nitrogen and oxygen atoms in total. The average Bonchev–Trinajstić information content (AvgIpc) is 2.24. The van der Waals surface area contributed by atoms with Crippen molar-refractivity contribution in [3.05, 3.63) is 4.91 Å². The maximum absolute atomic E-state index is 11.2. The van der Waals surface area contributed by atoms with Crippen LogP contribution in [0, 0.1) is 4.91 Å². The zero-order chi connectivity index (χ0) is 14.2. The highest BCUT2D eigenvalue weighted by Crippen LogP contribution is 2.06. The van der Waals surface area contributed by atoms with Gasteiger partial charge in [-0.05, 0) is 40.0 Å². The molecule has 7 heteroatoms. The van der Waals surface area contributed by atoms with Crippen molar-refractivity contribution in [2.24, 2.45) is 10.9 Å². The number of ether oxygens (including phenoxy) is 1. The maximum atomic E-state index is 11.2. The van der Waals surface area contributed by atoms with Crippen molar-refractivity contribution in [2.75, 3.05) is 6.54 Å². The van der Waals surface area contributed by atoms with E-state index in [-0.39, 0.29) is 0 Å². The van der Waals surface area contributed by atoms with Gasteiger partial charge in [-0.15, -0.1) is 4.91 Å². The van der Waals surface area contributed by atoms with Crippen LogP contribution in [0.25, 0.3) is 0 Å². The van der Waals surface area contributed by atoms with Gasteiger partial charge >= 0.3 is 12.0 Å². The van der Waals surface area contributed by atoms with Crippen LogP contribution in [0.1, 0.15) is 40.0 Å². The summed E-state index contributed by atoms with van der Waals surface area (Å²) in [6.45, 7) is 5.78. The molecule has 104 valence electrons. The fraction of sp³-hybridized carbons (Fsp3) is 0.818. The van der Waals surface area contributed by atoms with E-state index in [1.165, 1.54) is 0 Å². The van der Waals surface area contributed by atoms with Crippen molar-refractivity contribution in [3.8, 4) is 0 Å². The van der Waals surface area contributed by atoms with Gasteiger partial charge in [-0.25, -0.2) is 4.79 Å². The predicted molar refractivity (Wildman–Crippen MR) is 66.9 cm³/mol. The largest absolute Gasteiger partial charge is 0.444 e. The second kappa shape index (κ2) is 7.75. The van der Waals surface area contributed by atoms with Crippen LogP contribution in [0.3, 0.4) is 0 Å². The van der Waals surface area contributed by atoms with Crippen molar-refractivity contribution in [3.63, 3.8) is 0 Å². The summed E-state index contributed by atoms with van der Waals surface area (Å²) in [6, 6.07) is -0.843. The number of nitrogens with two attached hydrogens (primary N) is 1. The van der Waals surface area contributed by atoms with E-state index in [4.69, 9.17) is 10.5 Å². The van der Waals surface area contributed by atoms with Crippen LogP contribution in [-0.2, 0) is 9.53 Å². The van der Waals surface area contributed by atoms with Gasteiger partial charge in [0.25, 0.3) is 0 Å². The highest BCUT2D eigenvalue weighted by Gasteiger charge is 2.16. The molecule has 0 saturated carbocycles. The molecule has 0 aliphatic carbocycles. The fourth-order valence-electron chi connectivity index (χ4n) is 1.19. The first-order valence-corrected chi connectivity index (χ1v) is 5.86. The molecule has 0 fully saturated rings. The van der Waals surface area contributed by atoms with Gasteiger partial charge in [0.2, 0.25) is 0 Å². The second-order valence-electron chi connectivity index (χ2n) is 4.96. The lowest BCUT2D eigenvalue weighted by molar-refractivity contribution is -0.119. The number of carbonyl (C=O) groups excluding carboxylic acids is 2. The molecule has 0 saturated heterocycles. The number of rotatable bonds is 6. The third kappa shape index (κ3) is 8.63. The SMILES string of the molecule is CC(C)(C)OC(=O)NCCCCC(N)C(=O)N=O. The Balaban J connectivity index is 3.60. The van der Waals surface area contributed by atoms with Gasteiger partial charge in [0, 0.05) is 11.7 Å². The summed E-state index contributed by atoms with van der Waals surface area (Å²) in [6.07, 6.45) is 1.18. The van der Waals surface area contributed by atoms with E-state index in [2.05, 4.69) is 10.5 Å². The maximum Gasteiger partial charge on any atom is 0.407 e. The first kappa shape index (κ1) is 16.5. The number of hydrogen-bond acceptors (Lipinski definition) is 5. The molecule has 0 aromatic heterocycles. The minimum atomic E-state index is -0.843. The van der Waals surface area contributed by atoms with Crippen LogP contribution in [0.2, 0.25) is 0 Å². The van der Waals surface area contributed by atoms with E-state index in [1.54, 1.807) is 20.8 Å². The molecule has 0 aromatic rings. The van der Waals surface area contributed by atoms with E-state index >= 15 is 0 Å². The Bertz CT molecular complexity index is 299. The van der Waals surface area contributed by atoms with Crippen molar-refractivity contribution in [1.82, 2.24) is 5.32 Å². The van der Waals surface area contributed by atoms with E-state index < -0.39 is 23.6 Å². The number of nitrogens with zero attached hydrogens (tertiary/aromatic N) is 1. The lowest BCUT2D eigenvalue weighted by Gasteiger charge is -2.19. The van der Waals surface area contributed by atoms with Crippen LogP contribution in [0.5, 0.6) is 0 Å². The quantitative estimate of drug-likeness (QED) is 0.551. The normalized spacial score (nSPS) is 12.7. The molecule has 1 atom stereocenters. The van der Waals surface area contributed by atoms with Gasteiger partial charge in [-0.3, -0.25) is 4.79 Å². The highest BCUT2D eigenvalue weighted by molar-refractivity contribution is 5.81. The Morgan fingerprint density at radius 1 is 1.33 bits per heavy atom. The molecule has 3 N–H and O–H groups in total. The lowest BCUT2D eigenvalue weighted by Crippen LogP contribution is -2.33. The highest BCUT2D eigenvalue weighted by atomic mass is 16.6. The topological polar surface area (TPSA) is 111 Å². The Morgan fingerprint density at radius 2 is 1.94 bits per heavy atom. The van der Waals surface area contributed by atoms with Gasteiger partial charge in [0.15, 0.2) is 0 Å². The van der Waals surface area contributed by atoms with Gasteiger partial charge in [0.1, 0.15) is 5.60 Å². The molecule has 2 amide bonds. The van der Waals surface area contributed by atoms with Gasteiger partial charge in [-0.2, -0.15) is 0 Å². The zero-order valence-corrected chi connectivity index (χ0v) is 11.1. The minimum absolute atomic E-state index is 0.376. The van der Waals surface area contributed by atoms with Gasteiger partial charge in [-0.1, -0.05) is 0 Å². The Kier molecular flexibility index (Phi) is 7.11. The van der Waals surface area contributed by atoms with Crippen molar-refractivity contribution < 1.29 is 14.3 Å². The minimum Gasteiger partial charge on any atom is -0.444 e. The molecule has 1 unspecified atom stereocenters. The summed E-state index contributed by atoms with van der Waals surface area (Å²) in [7, 11) is 0. The molecule has 0 bridgehead atoms. The third-order valence-corrected chi connectivity index (χ3v) is 2.02. The lowest BCUT2D eigenvalue weighted by atomic mass is 10.1. The van der Waals surface area contributed by atoms with Crippen LogP contribution in [0.15, 0.2) is 5.18 Å². The van der Waals surface area contributed by atoms with Crippen LogP contribution >= 0.6 is 0 Å². The molecule has 0 rings (SSSR count). The first-order chi connectivity index (χ1) is 8.26. The Labute approximate surface area is 106 Å². The van der Waals surface area contributed by atoms with Crippen LogP contribution < -0.4 is 11.1 Å². The first-order valence-electron chi connectivity index (χ1n) is 5.86. The number of hydrogen-bond donors (Lipinski definition) is 2. The second-order valence-corrected chi connectivity index (χ2v) is 4.96. The van der Waals surface area contributed by atoms with Gasteiger partial charge < -0.3 is 15.8 Å². The van der Waals surface area contributed by atoms with E-state index in [0.29, 0.717) is 25.8 Å². The van der Waals surface area contributed by atoms with Crippen LogP contribution in [-0.4, -0.2) is 30.2 Å². The predicted octanol–water partition coefficient (Wildman–Crippen LogP) is 1.30. The summed E-state index contributed by atoms with van der Waals surface area (Å²) >= 11 is 0. The smallest absolute Gasteiger partial charge is 0.407 e. The Morgan fingerprint density at radius 3 is 2.44 bits per heavy atom. The van der Waals surface area contributed by atoms with Crippen molar-refractivity contribution in [2.45, 2.75) is 51.7 Å². The molecule has 0 aliphatic rings. The summed E-state index contributed by atoms with van der Waals surface area (Å²) in [5, 5.41) is 4.84. The number of carbonyl (C=O) groups is 2. The third-order valence-electron chi connectivity index (χ3n) is 2.02. The van der Waals surface area contributed by atoms with Crippen molar-refractivity contribution in [1.29, 1.82) is 0 Å². The number of nitroso groups, excluding NO2 is 1. The molecule has 18 heavy (non-hydrogen) atoms. The average molecular weight is 259 g/mol. The molecule has 0 aliphatic heterocycles. The van der Waals surface area contributed by atoms with E-state index in [0.717, 1.165) is 0 Å². The number of amides is 2. The molecule has 0 heterocycles. The standard InChI is InChI=1S/C11H21N3O4/c1-11(2,3)18-10(16)13-7-5-4-6-8(12)9(15)14-17/h8H,4-7,12H2,1-3H3,(H,13,16). The molecule has 0 spiro atoms.